The second kappa shape index (κ2) is 10.8. The van der Waals surface area contributed by atoms with Crippen LogP contribution in [0.4, 0.5) is 0 Å². The number of thioether (sulfide) groups is 1. The summed E-state index contributed by atoms with van der Waals surface area (Å²) in [6.45, 7) is 18.0. The average Bonchev–Trinajstić information content (AvgIpc) is 2.60. The molecule has 0 fully saturated rings. The van der Waals surface area contributed by atoms with Crippen LogP contribution in [0.1, 0.15) is 46.0 Å². The molecule has 3 heteroatoms. The lowest BCUT2D eigenvalue weighted by Crippen LogP contribution is -1.91. The molecule has 0 aliphatic heterocycles. The maximum atomic E-state index is 4.43. The smallest absolute Gasteiger partial charge is 0.172 e. The molecule has 1 heterocycles. The van der Waals surface area contributed by atoms with Crippen LogP contribution in [0.3, 0.4) is 0 Å². The van der Waals surface area contributed by atoms with E-state index in [9.17, 15) is 0 Å². The highest BCUT2D eigenvalue weighted by Crippen LogP contribution is 2.20. The van der Waals surface area contributed by atoms with Crippen LogP contribution in [0.15, 0.2) is 11.7 Å². The van der Waals surface area contributed by atoms with Gasteiger partial charge in [0.1, 0.15) is 0 Å². The lowest BCUT2D eigenvalue weighted by molar-refractivity contribution is 0.918. The van der Waals surface area contributed by atoms with Gasteiger partial charge in [-0.3, -0.25) is 4.57 Å². The van der Waals surface area contributed by atoms with Crippen molar-refractivity contribution in [1.29, 1.82) is 0 Å². The Morgan fingerprint density at radius 1 is 1.25 bits per heavy atom. The van der Waals surface area contributed by atoms with E-state index in [1.807, 2.05) is 45.4 Å². The molecule has 0 aliphatic rings. The van der Waals surface area contributed by atoms with Crippen LogP contribution in [0.25, 0.3) is 6.20 Å². The van der Waals surface area contributed by atoms with Crippen molar-refractivity contribution in [2.45, 2.75) is 53.6 Å². The molecule has 0 amide bonds. The Morgan fingerprint density at radius 2 is 1.75 bits per heavy atom. The highest BCUT2D eigenvalue weighted by Gasteiger charge is 2.07. The van der Waals surface area contributed by atoms with E-state index in [1.165, 1.54) is 5.69 Å². The van der Waals surface area contributed by atoms with Gasteiger partial charge in [0.15, 0.2) is 5.16 Å². The van der Waals surface area contributed by atoms with E-state index in [4.69, 9.17) is 0 Å². The Labute approximate surface area is 105 Å². The molecule has 1 aromatic heterocycles. The number of hydrogen-bond donors (Lipinski definition) is 0. The first-order valence-corrected chi connectivity index (χ1v) is 7.00. The van der Waals surface area contributed by atoms with Crippen molar-refractivity contribution in [3.63, 3.8) is 0 Å². The van der Waals surface area contributed by atoms with Crippen LogP contribution in [-0.4, -0.2) is 15.3 Å². The minimum atomic E-state index is 1.04. The van der Waals surface area contributed by atoms with Gasteiger partial charge in [-0.15, -0.1) is 0 Å². The first kappa shape index (κ1) is 17.7. The Morgan fingerprint density at radius 3 is 2.12 bits per heavy atom. The van der Waals surface area contributed by atoms with Crippen molar-refractivity contribution in [3.8, 4) is 0 Å². The first-order valence-electron chi connectivity index (χ1n) is 6.01. The van der Waals surface area contributed by atoms with Crippen LogP contribution in [0, 0.1) is 13.8 Å². The maximum Gasteiger partial charge on any atom is 0.172 e. The molecular formula is C13H26N2S. The van der Waals surface area contributed by atoms with Gasteiger partial charge in [-0.1, -0.05) is 53.0 Å². The molecule has 1 aromatic rings. The normalized spacial score (nSPS) is 8.44. The van der Waals surface area contributed by atoms with Crippen molar-refractivity contribution in [2.24, 2.45) is 0 Å². The molecule has 0 N–H and O–H groups in total. The number of aryl methyl sites for hydroxylation is 1. The van der Waals surface area contributed by atoms with Crippen LogP contribution in [0.2, 0.25) is 0 Å². The summed E-state index contributed by atoms with van der Waals surface area (Å²) in [4.78, 5) is 4.43. The zero-order valence-corrected chi connectivity index (χ0v) is 12.6. The summed E-state index contributed by atoms with van der Waals surface area (Å²) in [5, 5.41) is 1.04. The standard InChI is InChI=1S/C9H14N2S.2C2H6/c1-5-11-8(4)7(3)10-9(11)12-6-2;2*1-2/h5H,1,6H2,2-4H3;2*1-2H3. The first-order chi connectivity index (χ1) is 7.70. The molecule has 0 atom stereocenters. The topological polar surface area (TPSA) is 17.8 Å². The molecule has 0 spiro atoms. The SMILES string of the molecule is C=Cn1c(SCC)nc(C)c1C.CC.CC. The summed E-state index contributed by atoms with van der Waals surface area (Å²) in [5.74, 6) is 1.05. The van der Waals surface area contributed by atoms with Gasteiger partial charge in [-0.05, 0) is 19.6 Å². The molecule has 0 aliphatic carbocycles. The minimum Gasteiger partial charge on any atom is -0.299 e. The van der Waals surface area contributed by atoms with Gasteiger partial charge in [0, 0.05) is 11.9 Å². The summed E-state index contributed by atoms with van der Waals surface area (Å²) in [7, 11) is 0. The van der Waals surface area contributed by atoms with Crippen molar-refractivity contribution in [2.75, 3.05) is 5.75 Å². The van der Waals surface area contributed by atoms with Crippen LogP contribution in [0.5, 0.6) is 0 Å². The molecule has 94 valence electrons. The zero-order chi connectivity index (χ0) is 13.1. The number of rotatable bonds is 3. The number of imidazole rings is 1. The summed E-state index contributed by atoms with van der Waals surface area (Å²) in [6.07, 6.45) is 1.81. The lowest BCUT2D eigenvalue weighted by Gasteiger charge is -2.00. The van der Waals surface area contributed by atoms with Gasteiger partial charge in [-0.2, -0.15) is 0 Å². The summed E-state index contributed by atoms with van der Waals surface area (Å²) >= 11 is 1.74. The Bertz CT molecular complexity index is 290. The maximum absolute atomic E-state index is 4.43. The Hall–Kier alpha value is -0.700. The predicted molar refractivity (Wildman–Crippen MR) is 77.2 cm³/mol. The van der Waals surface area contributed by atoms with Gasteiger partial charge in [-0.25, -0.2) is 4.98 Å². The van der Waals surface area contributed by atoms with E-state index in [0.717, 1.165) is 16.6 Å². The molecule has 1 rings (SSSR count). The van der Waals surface area contributed by atoms with Gasteiger partial charge >= 0.3 is 0 Å². The van der Waals surface area contributed by atoms with Crippen molar-refractivity contribution < 1.29 is 0 Å². The molecule has 0 saturated heterocycles. The van der Waals surface area contributed by atoms with Crippen LogP contribution < -0.4 is 0 Å². The van der Waals surface area contributed by atoms with Crippen LogP contribution in [-0.2, 0) is 0 Å². The number of hydrogen-bond acceptors (Lipinski definition) is 2. The van der Waals surface area contributed by atoms with Crippen molar-refractivity contribution in [1.82, 2.24) is 9.55 Å². The predicted octanol–water partition coefficient (Wildman–Crippen LogP) is 4.76. The van der Waals surface area contributed by atoms with Gasteiger partial charge in [0.05, 0.1) is 5.69 Å². The van der Waals surface area contributed by atoms with Gasteiger partial charge in [0.2, 0.25) is 0 Å². The van der Waals surface area contributed by atoms with E-state index in [1.54, 1.807) is 11.8 Å². The fraction of sp³-hybridized carbons (Fsp3) is 0.615. The molecule has 0 saturated carbocycles. The molecule has 16 heavy (non-hydrogen) atoms. The average molecular weight is 242 g/mol. The zero-order valence-electron chi connectivity index (χ0n) is 11.8. The molecule has 0 bridgehead atoms. The summed E-state index contributed by atoms with van der Waals surface area (Å²) in [6, 6.07) is 0. The molecule has 0 radical (unpaired) electrons. The van der Waals surface area contributed by atoms with E-state index in [0.29, 0.717) is 0 Å². The van der Waals surface area contributed by atoms with E-state index in [-0.39, 0.29) is 0 Å². The quantitative estimate of drug-likeness (QED) is 0.711. The van der Waals surface area contributed by atoms with Gasteiger partial charge < -0.3 is 0 Å². The van der Waals surface area contributed by atoms with E-state index >= 15 is 0 Å². The van der Waals surface area contributed by atoms with E-state index in [2.05, 4.69) is 25.4 Å². The van der Waals surface area contributed by atoms with Crippen molar-refractivity contribution >= 4 is 18.0 Å². The minimum absolute atomic E-state index is 1.04. The fourth-order valence-electron chi connectivity index (χ4n) is 1.04. The fourth-order valence-corrected chi connectivity index (χ4v) is 1.85. The van der Waals surface area contributed by atoms with Crippen LogP contribution >= 0.6 is 11.8 Å². The van der Waals surface area contributed by atoms with E-state index < -0.39 is 0 Å². The molecule has 2 nitrogen and oxygen atoms in total. The third kappa shape index (κ3) is 4.88. The molecule has 0 unspecified atom stereocenters. The highest BCUT2D eigenvalue weighted by molar-refractivity contribution is 7.99. The molecular weight excluding hydrogens is 216 g/mol. The second-order valence-electron chi connectivity index (χ2n) is 2.55. The third-order valence-corrected chi connectivity index (χ3v) is 2.65. The monoisotopic (exact) mass is 242 g/mol. The number of aromatic nitrogens is 2. The summed E-state index contributed by atoms with van der Waals surface area (Å²) < 4.78 is 2.03. The largest absolute Gasteiger partial charge is 0.299 e. The van der Waals surface area contributed by atoms with Gasteiger partial charge in [0.25, 0.3) is 0 Å². The Kier molecular flexibility index (Phi) is 11.9. The highest BCUT2D eigenvalue weighted by atomic mass is 32.2. The summed E-state index contributed by atoms with van der Waals surface area (Å²) in [5.41, 5.74) is 2.27. The second-order valence-corrected chi connectivity index (χ2v) is 3.78. The molecule has 0 aromatic carbocycles. The third-order valence-electron chi connectivity index (χ3n) is 1.81. The Balaban J connectivity index is 0. The lowest BCUT2D eigenvalue weighted by atomic mass is 10.4. The van der Waals surface area contributed by atoms with Crippen molar-refractivity contribution in [3.05, 3.63) is 18.0 Å². The number of nitrogens with zero attached hydrogens (tertiary/aromatic N) is 2.